The second-order valence-corrected chi connectivity index (χ2v) is 6.22. The van der Waals surface area contributed by atoms with Crippen LogP contribution in [0.4, 0.5) is 0 Å². The van der Waals surface area contributed by atoms with E-state index in [2.05, 4.69) is 22.2 Å². The van der Waals surface area contributed by atoms with Gasteiger partial charge in [-0.1, -0.05) is 0 Å². The van der Waals surface area contributed by atoms with Gasteiger partial charge in [-0.15, -0.1) is 0 Å². The Kier molecular flexibility index (Phi) is 3.38. The molecule has 0 saturated carbocycles. The molecule has 7 nitrogen and oxygen atoms in total. The van der Waals surface area contributed by atoms with Crippen molar-refractivity contribution in [3.8, 4) is 28.0 Å². The van der Waals surface area contributed by atoms with E-state index in [0.717, 1.165) is 44.9 Å². The van der Waals surface area contributed by atoms with Gasteiger partial charge >= 0.3 is 0 Å². The van der Waals surface area contributed by atoms with Gasteiger partial charge in [0.25, 0.3) is 0 Å². The molecule has 4 aromatic rings. The van der Waals surface area contributed by atoms with Gasteiger partial charge in [0.15, 0.2) is 0 Å². The first-order valence-corrected chi connectivity index (χ1v) is 8.04. The predicted molar refractivity (Wildman–Crippen MR) is 95.6 cm³/mol. The Hall–Kier alpha value is -3.09. The molecule has 25 heavy (non-hydrogen) atoms. The first-order chi connectivity index (χ1) is 12.0. The van der Waals surface area contributed by atoms with Gasteiger partial charge < -0.3 is 4.74 Å². The van der Waals surface area contributed by atoms with Gasteiger partial charge in [0.05, 0.1) is 25.2 Å². The summed E-state index contributed by atoms with van der Waals surface area (Å²) in [6.07, 6.45) is 7.68. The molecule has 0 aliphatic rings. The van der Waals surface area contributed by atoms with E-state index in [1.165, 1.54) is 0 Å². The van der Waals surface area contributed by atoms with Crippen molar-refractivity contribution in [3.63, 3.8) is 0 Å². The lowest BCUT2D eigenvalue weighted by Crippen LogP contribution is -1.95. The van der Waals surface area contributed by atoms with E-state index in [-0.39, 0.29) is 0 Å². The fourth-order valence-electron chi connectivity index (χ4n) is 3.31. The third-order valence-corrected chi connectivity index (χ3v) is 4.61. The normalized spacial score (nSPS) is 11.4. The number of pyridine rings is 1. The van der Waals surface area contributed by atoms with E-state index < -0.39 is 0 Å². The molecule has 0 amide bonds. The number of ether oxygens (including phenoxy) is 1. The average molecular weight is 336 g/mol. The van der Waals surface area contributed by atoms with Crippen LogP contribution in [-0.2, 0) is 14.1 Å². The Labute approximate surface area is 145 Å². The van der Waals surface area contributed by atoms with Gasteiger partial charge in [-0.05, 0) is 19.9 Å². The van der Waals surface area contributed by atoms with Crippen LogP contribution < -0.4 is 4.74 Å². The van der Waals surface area contributed by atoms with Gasteiger partial charge in [-0.2, -0.15) is 15.3 Å². The predicted octanol–water partition coefficient (Wildman–Crippen LogP) is 2.76. The molecule has 0 N–H and O–H groups in total. The third kappa shape index (κ3) is 2.31. The number of rotatable bonds is 3. The van der Waals surface area contributed by atoms with Gasteiger partial charge in [-0.25, -0.2) is 4.52 Å². The molecule has 0 atom stereocenters. The molecule has 4 rings (SSSR count). The number of nitrogens with zero attached hydrogens (tertiary/aromatic N) is 6. The summed E-state index contributed by atoms with van der Waals surface area (Å²) in [6, 6.07) is 2.03. The number of hydrogen-bond donors (Lipinski definition) is 0. The Balaban J connectivity index is 1.97. The van der Waals surface area contributed by atoms with E-state index in [0.29, 0.717) is 0 Å². The fourth-order valence-corrected chi connectivity index (χ4v) is 3.31. The summed E-state index contributed by atoms with van der Waals surface area (Å²) >= 11 is 0. The lowest BCUT2D eigenvalue weighted by atomic mass is 10.0. The summed E-state index contributed by atoms with van der Waals surface area (Å²) in [5.41, 5.74) is 7.18. The summed E-state index contributed by atoms with van der Waals surface area (Å²) in [5.74, 6) is 0.775. The van der Waals surface area contributed by atoms with Gasteiger partial charge in [0, 0.05) is 54.4 Å². The van der Waals surface area contributed by atoms with Crippen molar-refractivity contribution < 1.29 is 4.74 Å². The number of fused-ring (bicyclic) bond motifs is 1. The number of methoxy groups -OCH3 is 1. The Morgan fingerprint density at radius 3 is 2.40 bits per heavy atom. The summed E-state index contributed by atoms with van der Waals surface area (Å²) < 4.78 is 11.2. The molecule has 0 unspecified atom stereocenters. The minimum atomic E-state index is 0.775. The highest BCUT2D eigenvalue weighted by Crippen LogP contribution is 2.36. The zero-order chi connectivity index (χ0) is 17.7. The van der Waals surface area contributed by atoms with E-state index >= 15 is 0 Å². The summed E-state index contributed by atoms with van der Waals surface area (Å²) in [5, 5.41) is 13.3. The molecule has 4 heterocycles. The molecular weight excluding hydrogens is 316 g/mol. The maximum Gasteiger partial charge on any atom is 0.145 e. The van der Waals surface area contributed by atoms with E-state index in [1.807, 2.05) is 61.1 Å². The zero-order valence-electron chi connectivity index (χ0n) is 15.0. The molecular formula is C18H20N6O. The molecule has 7 heteroatoms. The molecule has 4 aromatic heterocycles. The number of aromatic nitrogens is 6. The van der Waals surface area contributed by atoms with E-state index in [9.17, 15) is 0 Å². The molecule has 0 radical (unpaired) electrons. The molecule has 0 aromatic carbocycles. The van der Waals surface area contributed by atoms with Crippen LogP contribution in [-0.4, -0.2) is 36.3 Å². The van der Waals surface area contributed by atoms with Crippen LogP contribution in [0.3, 0.4) is 0 Å². The summed E-state index contributed by atoms with van der Waals surface area (Å²) in [4.78, 5) is 0. The molecule has 128 valence electrons. The zero-order valence-corrected chi connectivity index (χ0v) is 15.0. The van der Waals surface area contributed by atoms with Gasteiger partial charge in [-0.3, -0.25) is 9.36 Å². The quantitative estimate of drug-likeness (QED) is 0.577. The molecule has 0 aliphatic carbocycles. The topological polar surface area (TPSA) is 62.2 Å². The van der Waals surface area contributed by atoms with Crippen LogP contribution >= 0.6 is 0 Å². The van der Waals surface area contributed by atoms with Gasteiger partial charge in [0.2, 0.25) is 0 Å². The average Bonchev–Trinajstić information content (AvgIpc) is 3.26. The maximum absolute atomic E-state index is 5.69. The van der Waals surface area contributed by atoms with Crippen molar-refractivity contribution in [1.82, 2.24) is 29.2 Å². The Morgan fingerprint density at radius 2 is 1.80 bits per heavy atom. The molecule has 0 bridgehead atoms. The third-order valence-electron chi connectivity index (χ3n) is 4.61. The van der Waals surface area contributed by atoms with Crippen molar-refractivity contribution >= 4 is 5.52 Å². The maximum atomic E-state index is 5.69. The molecule has 0 saturated heterocycles. The van der Waals surface area contributed by atoms with Crippen LogP contribution in [0.15, 0.2) is 30.9 Å². The summed E-state index contributed by atoms with van der Waals surface area (Å²) in [6.45, 7) is 4.08. The second kappa shape index (κ2) is 5.47. The minimum Gasteiger partial charge on any atom is -0.494 e. The van der Waals surface area contributed by atoms with Gasteiger partial charge in [0.1, 0.15) is 11.3 Å². The van der Waals surface area contributed by atoms with Crippen LogP contribution in [0.25, 0.3) is 27.8 Å². The number of aryl methyl sites for hydroxylation is 3. The lowest BCUT2D eigenvalue weighted by molar-refractivity contribution is 0.418. The van der Waals surface area contributed by atoms with E-state index in [4.69, 9.17) is 4.74 Å². The van der Waals surface area contributed by atoms with E-state index in [1.54, 1.807) is 11.8 Å². The second-order valence-electron chi connectivity index (χ2n) is 6.22. The van der Waals surface area contributed by atoms with Crippen molar-refractivity contribution in [2.24, 2.45) is 14.1 Å². The lowest BCUT2D eigenvalue weighted by Gasteiger charge is -2.08. The van der Waals surface area contributed by atoms with Crippen molar-refractivity contribution in [2.75, 3.05) is 7.11 Å². The monoisotopic (exact) mass is 336 g/mol. The van der Waals surface area contributed by atoms with Crippen molar-refractivity contribution in [3.05, 3.63) is 42.2 Å². The fraction of sp³-hybridized carbons (Fsp3) is 0.278. The Morgan fingerprint density at radius 1 is 1.00 bits per heavy atom. The summed E-state index contributed by atoms with van der Waals surface area (Å²) in [7, 11) is 5.54. The highest BCUT2D eigenvalue weighted by molar-refractivity contribution is 5.88. The first kappa shape index (κ1) is 15.4. The van der Waals surface area contributed by atoms with Crippen LogP contribution in [0.5, 0.6) is 5.75 Å². The van der Waals surface area contributed by atoms with Crippen molar-refractivity contribution in [2.45, 2.75) is 13.8 Å². The highest BCUT2D eigenvalue weighted by Gasteiger charge is 2.19. The molecule has 0 spiro atoms. The van der Waals surface area contributed by atoms with Crippen LogP contribution in [0.2, 0.25) is 0 Å². The van der Waals surface area contributed by atoms with Crippen molar-refractivity contribution in [1.29, 1.82) is 0 Å². The van der Waals surface area contributed by atoms with Crippen LogP contribution in [0, 0.1) is 13.8 Å². The number of hydrogen-bond acceptors (Lipinski definition) is 4. The standard InChI is InChI=1S/C18H20N6O/c1-11-17(12(2)23(4)21-11)15-8-20-24-10-13(6-16(25-5)18(15)24)14-7-19-22(3)9-14/h6-10H,1-5H3. The smallest absolute Gasteiger partial charge is 0.145 e. The highest BCUT2D eigenvalue weighted by atomic mass is 16.5. The largest absolute Gasteiger partial charge is 0.494 e. The molecule has 0 fully saturated rings. The molecule has 0 aliphatic heterocycles. The Bertz CT molecular complexity index is 1080. The SMILES string of the molecule is COc1cc(-c2cnn(C)c2)cn2ncc(-c3c(C)nn(C)c3C)c12. The van der Waals surface area contributed by atoms with Crippen LogP contribution in [0.1, 0.15) is 11.4 Å². The minimum absolute atomic E-state index is 0.775. The first-order valence-electron chi connectivity index (χ1n) is 8.04.